The average molecular weight is 329 g/mol. The number of carbonyl (C=O) groups is 2. The van der Waals surface area contributed by atoms with Crippen LogP contribution in [0.15, 0.2) is 16.3 Å². The van der Waals surface area contributed by atoms with Gasteiger partial charge in [-0.15, -0.1) is 16.9 Å². The summed E-state index contributed by atoms with van der Waals surface area (Å²) in [6.07, 6.45) is 0. The number of carboxylic acids is 1. The molecular formula is C10H11N5O4S2. The van der Waals surface area contributed by atoms with Gasteiger partial charge in [0.1, 0.15) is 17.1 Å². The highest BCUT2D eigenvalue weighted by Gasteiger charge is 2.51. The lowest BCUT2D eigenvalue weighted by Gasteiger charge is -2.48. The SMILES string of the molecule is NC1C(=O)N2C(C(=O)O)=C(CSc3nn[nH]c3O)CS[C@H]12. The zero-order valence-electron chi connectivity index (χ0n) is 10.5. The lowest BCUT2D eigenvalue weighted by Crippen LogP contribution is -2.68. The van der Waals surface area contributed by atoms with Crippen molar-refractivity contribution < 1.29 is 19.8 Å². The van der Waals surface area contributed by atoms with E-state index in [1.807, 2.05) is 0 Å². The first-order chi connectivity index (χ1) is 10.0. The van der Waals surface area contributed by atoms with Gasteiger partial charge in [0.2, 0.25) is 11.8 Å². The van der Waals surface area contributed by atoms with Crippen LogP contribution in [-0.2, 0) is 9.59 Å². The number of fused-ring (bicyclic) bond motifs is 1. The highest BCUT2D eigenvalue weighted by molar-refractivity contribution is 8.01. The third-order valence-electron chi connectivity index (χ3n) is 3.17. The van der Waals surface area contributed by atoms with Crippen LogP contribution in [0, 0.1) is 0 Å². The molecule has 1 aromatic rings. The second-order valence-corrected chi connectivity index (χ2v) is 6.52. The van der Waals surface area contributed by atoms with E-state index in [2.05, 4.69) is 15.4 Å². The molecule has 1 amide bonds. The first-order valence-corrected chi connectivity index (χ1v) is 7.92. The van der Waals surface area contributed by atoms with Crippen LogP contribution in [0.25, 0.3) is 0 Å². The average Bonchev–Trinajstić information content (AvgIpc) is 2.88. The topological polar surface area (TPSA) is 145 Å². The number of carbonyl (C=O) groups excluding carboxylic acids is 1. The molecule has 9 nitrogen and oxygen atoms in total. The van der Waals surface area contributed by atoms with Crippen LogP contribution in [0.5, 0.6) is 5.88 Å². The van der Waals surface area contributed by atoms with Crippen LogP contribution in [0.2, 0.25) is 0 Å². The third-order valence-corrected chi connectivity index (χ3v) is 5.58. The van der Waals surface area contributed by atoms with Crippen molar-refractivity contribution in [3.05, 3.63) is 11.3 Å². The molecule has 0 aliphatic carbocycles. The normalized spacial score (nSPS) is 24.8. The standard InChI is InChI=1S/C10H11N5O4S2/c11-4-8(17)15-5(10(18)19)3(2-21-9(4)15)1-20-7-6(16)12-14-13-7/h4,9H,1-2,11H2,(H,18,19)(H2,12,13,14,16)/t4?,9-/m1/s1. The highest BCUT2D eigenvalue weighted by atomic mass is 32.2. The Bertz CT molecular complexity index is 645. The number of nitrogens with zero attached hydrogens (tertiary/aromatic N) is 3. The summed E-state index contributed by atoms with van der Waals surface area (Å²) in [4.78, 5) is 24.4. The second kappa shape index (κ2) is 5.24. The first kappa shape index (κ1) is 14.2. The van der Waals surface area contributed by atoms with E-state index in [1.165, 1.54) is 16.7 Å². The maximum atomic E-state index is 11.8. The fraction of sp³-hybridized carbons (Fsp3) is 0.400. The number of aliphatic carboxylic acids is 1. The van der Waals surface area contributed by atoms with E-state index in [0.29, 0.717) is 17.1 Å². The molecule has 2 aliphatic heterocycles. The van der Waals surface area contributed by atoms with Gasteiger partial charge in [0.05, 0.1) is 0 Å². The second-order valence-electron chi connectivity index (χ2n) is 4.45. The number of carboxylic acid groups (broad SMARTS) is 1. The van der Waals surface area contributed by atoms with Crippen molar-refractivity contribution in [2.24, 2.45) is 5.73 Å². The molecule has 2 aliphatic rings. The number of hydrogen-bond donors (Lipinski definition) is 4. The van der Waals surface area contributed by atoms with Gasteiger partial charge in [0.15, 0.2) is 5.03 Å². The Morgan fingerprint density at radius 1 is 1.62 bits per heavy atom. The van der Waals surface area contributed by atoms with Crippen molar-refractivity contribution in [1.82, 2.24) is 20.3 Å². The van der Waals surface area contributed by atoms with Gasteiger partial charge < -0.3 is 15.9 Å². The number of aromatic amines is 1. The quantitative estimate of drug-likeness (QED) is 0.411. The number of nitrogens with one attached hydrogen (secondary N) is 1. The minimum Gasteiger partial charge on any atom is -0.492 e. The smallest absolute Gasteiger partial charge is 0.352 e. The molecule has 11 heteroatoms. The summed E-state index contributed by atoms with van der Waals surface area (Å²) in [5, 5.41) is 28.1. The van der Waals surface area contributed by atoms with E-state index in [1.54, 1.807) is 0 Å². The number of nitrogens with two attached hydrogens (primary N) is 1. The molecule has 1 aromatic heterocycles. The van der Waals surface area contributed by atoms with Crippen LogP contribution < -0.4 is 5.73 Å². The molecule has 1 fully saturated rings. The van der Waals surface area contributed by atoms with E-state index in [4.69, 9.17) is 5.73 Å². The summed E-state index contributed by atoms with van der Waals surface area (Å²) < 4.78 is 0. The Labute approximate surface area is 126 Å². The fourth-order valence-electron chi connectivity index (χ4n) is 2.16. The number of aromatic hydroxyl groups is 1. The van der Waals surface area contributed by atoms with E-state index in [9.17, 15) is 19.8 Å². The number of rotatable bonds is 4. The molecule has 112 valence electrons. The first-order valence-electron chi connectivity index (χ1n) is 5.89. The molecule has 0 bridgehead atoms. The van der Waals surface area contributed by atoms with E-state index < -0.39 is 12.0 Å². The predicted octanol–water partition coefficient (Wildman–Crippen LogP) is -0.816. The fourth-order valence-corrected chi connectivity index (χ4v) is 4.41. The number of H-pyrrole nitrogens is 1. The number of β-lactam (4-membered cyclic amide) rings is 1. The van der Waals surface area contributed by atoms with Gasteiger partial charge in [0, 0.05) is 11.5 Å². The maximum Gasteiger partial charge on any atom is 0.352 e. The number of hydrogen-bond acceptors (Lipinski definition) is 8. The van der Waals surface area contributed by atoms with Gasteiger partial charge in [-0.2, -0.15) is 0 Å². The Hall–Kier alpha value is -1.72. The summed E-state index contributed by atoms with van der Waals surface area (Å²) in [7, 11) is 0. The third kappa shape index (κ3) is 2.26. The Morgan fingerprint density at radius 2 is 2.38 bits per heavy atom. The summed E-state index contributed by atoms with van der Waals surface area (Å²) in [6, 6.07) is -0.641. The molecule has 5 N–H and O–H groups in total. The largest absolute Gasteiger partial charge is 0.492 e. The predicted molar refractivity (Wildman–Crippen MR) is 74.5 cm³/mol. The van der Waals surface area contributed by atoms with Crippen molar-refractivity contribution in [2.45, 2.75) is 16.4 Å². The molecule has 0 spiro atoms. The highest BCUT2D eigenvalue weighted by Crippen LogP contribution is 2.40. The van der Waals surface area contributed by atoms with Crippen LogP contribution in [0.1, 0.15) is 0 Å². The molecule has 3 rings (SSSR count). The zero-order chi connectivity index (χ0) is 15.1. The van der Waals surface area contributed by atoms with Crippen LogP contribution >= 0.6 is 23.5 Å². The van der Waals surface area contributed by atoms with Gasteiger partial charge in [-0.05, 0) is 5.57 Å². The van der Waals surface area contributed by atoms with Gasteiger partial charge in [-0.25, -0.2) is 9.89 Å². The molecule has 0 saturated carbocycles. The van der Waals surface area contributed by atoms with E-state index >= 15 is 0 Å². The minimum absolute atomic E-state index is 0.0130. The van der Waals surface area contributed by atoms with E-state index in [-0.39, 0.29) is 27.9 Å². The Morgan fingerprint density at radius 3 is 3.00 bits per heavy atom. The lowest BCUT2D eigenvalue weighted by molar-refractivity contribution is -0.147. The molecule has 0 aromatic carbocycles. The summed E-state index contributed by atoms with van der Waals surface area (Å²) in [5.41, 5.74) is 6.25. The summed E-state index contributed by atoms with van der Waals surface area (Å²) in [6.45, 7) is 0. The molecular weight excluding hydrogens is 318 g/mol. The van der Waals surface area contributed by atoms with Crippen molar-refractivity contribution in [1.29, 1.82) is 0 Å². The van der Waals surface area contributed by atoms with Crippen molar-refractivity contribution in [2.75, 3.05) is 11.5 Å². The van der Waals surface area contributed by atoms with Crippen molar-refractivity contribution in [3.8, 4) is 5.88 Å². The molecule has 21 heavy (non-hydrogen) atoms. The molecule has 0 radical (unpaired) electrons. The number of thioether (sulfide) groups is 2. The van der Waals surface area contributed by atoms with Gasteiger partial charge in [0.25, 0.3) is 0 Å². The Kier molecular flexibility index (Phi) is 3.55. The molecule has 1 unspecified atom stereocenters. The van der Waals surface area contributed by atoms with Gasteiger partial charge >= 0.3 is 5.97 Å². The lowest BCUT2D eigenvalue weighted by atomic mass is 10.0. The van der Waals surface area contributed by atoms with Crippen LogP contribution in [-0.4, -0.2) is 65.3 Å². The monoisotopic (exact) mass is 329 g/mol. The Balaban J connectivity index is 1.83. The van der Waals surface area contributed by atoms with Crippen molar-refractivity contribution in [3.63, 3.8) is 0 Å². The summed E-state index contributed by atoms with van der Waals surface area (Å²) in [5.74, 6) is -0.937. The van der Waals surface area contributed by atoms with Crippen LogP contribution in [0.3, 0.4) is 0 Å². The van der Waals surface area contributed by atoms with Crippen LogP contribution in [0.4, 0.5) is 0 Å². The number of aromatic nitrogens is 3. The van der Waals surface area contributed by atoms with Crippen molar-refractivity contribution >= 4 is 35.4 Å². The minimum atomic E-state index is -1.15. The van der Waals surface area contributed by atoms with Gasteiger partial charge in [-0.3, -0.25) is 9.69 Å². The van der Waals surface area contributed by atoms with Gasteiger partial charge in [-0.1, -0.05) is 17.0 Å². The molecule has 2 atom stereocenters. The number of amides is 1. The molecule has 1 saturated heterocycles. The maximum absolute atomic E-state index is 11.8. The summed E-state index contributed by atoms with van der Waals surface area (Å²) >= 11 is 2.59. The molecule has 3 heterocycles. The zero-order valence-corrected chi connectivity index (χ0v) is 12.1. The van der Waals surface area contributed by atoms with E-state index in [0.717, 1.165) is 11.8 Å².